The summed E-state index contributed by atoms with van der Waals surface area (Å²) in [5.74, 6) is 0.421. The highest BCUT2D eigenvalue weighted by Gasteiger charge is 2.29. The van der Waals surface area contributed by atoms with Gasteiger partial charge in [-0.25, -0.2) is 4.98 Å². The fraction of sp³-hybridized carbons (Fsp3) is 0.379. The first-order valence-corrected chi connectivity index (χ1v) is 13.5. The maximum atomic E-state index is 13.5. The van der Waals surface area contributed by atoms with Crippen molar-refractivity contribution in [1.29, 1.82) is 0 Å². The molecule has 0 radical (unpaired) electrons. The first-order valence-electron chi connectivity index (χ1n) is 13.1. The molecule has 2 aromatic carbocycles. The SMILES string of the molecule is COn1c(N[C@H](c2ccc(Cl)cc2)C(C)C)nc2c(c1=O)CN(C(=O)c1ccc3c(c1)CCC(=O)N3C)CC2. The largest absolute Gasteiger partial charge is 0.411 e. The molecule has 0 bridgehead atoms. The third-order valence-corrected chi connectivity index (χ3v) is 7.76. The summed E-state index contributed by atoms with van der Waals surface area (Å²) in [7, 11) is 3.17. The third-order valence-electron chi connectivity index (χ3n) is 7.51. The van der Waals surface area contributed by atoms with E-state index in [0.717, 1.165) is 21.5 Å². The number of aryl methyl sites for hydroxylation is 1. The van der Waals surface area contributed by atoms with Crippen molar-refractivity contribution < 1.29 is 14.4 Å². The first kappa shape index (κ1) is 26.7. The van der Waals surface area contributed by atoms with Gasteiger partial charge in [-0.15, -0.1) is 4.73 Å². The molecule has 0 aliphatic carbocycles. The Balaban J connectivity index is 1.41. The number of anilines is 2. The van der Waals surface area contributed by atoms with E-state index >= 15 is 0 Å². The summed E-state index contributed by atoms with van der Waals surface area (Å²) in [6.45, 7) is 4.75. The quantitative estimate of drug-likeness (QED) is 0.501. The predicted octanol–water partition coefficient (Wildman–Crippen LogP) is 3.87. The topological polar surface area (TPSA) is 96.8 Å². The van der Waals surface area contributed by atoms with E-state index in [0.29, 0.717) is 53.6 Å². The minimum atomic E-state index is -0.341. The van der Waals surface area contributed by atoms with Crippen LogP contribution in [-0.4, -0.2) is 47.1 Å². The zero-order chi connectivity index (χ0) is 27.8. The minimum absolute atomic E-state index is 0.0675. The van der Waals surface area contributed by atoms with Crippen LogP contribution < -0.4 is 20.6 Å². The summed E-state index contributed by atoms with van der Waals surface area (Å²) in [4.78, 5) is 52.5. The van der Waals surface area contributed by atoms with Crippen molar-refractivity contribution >= 4 is 35.1 Å². The summed E-state index contributed by atoms with van der Waals surface area (Å²) in [5, 5.41) is 4.05. The van der Waals surface area contributed by atoms with Gasteiger partial charge in [-0.05, 0) is 53.8 Å². The molecule has 0 spiro atoms. The van der Waals surface area contributed by atoms with Gasteiger partial charge in [0.05, 0.1) is 23.8 Å². The van der Waals surface area contributed by atoms with Crippen molar-refractivity contribution in [2.24, 2.45) is 5.92 Å². The Bertz CT molecular complexity index is 1480. The van der Waals surface area contributed by atoms with Gasteiger partial charge in [0, 0.05) is 42.7 Å². The number of halogens is 1. The number of benzene rings is 2. The lowest BCUT2D eigenvalue weighted by molar-refractivity contribution is -0.118. The zero-order valence-electron chi connectivity index (χ0n) is 22.5. The highest BCUT2D eigenvalue weighted by molar-refractivity contribution is 6.30. The molecule has 2 aliphatic rings. The third kappa shape index (κ3) is 5.11. The predicted molar refractivity (Wildman–Crippen MR) is 150 cm³/mol. The maximum Gasteiger partial charge on any atom is 0.293 e. The average Bonchev–Trinajstić information content (AvgIpc) is 2.93. The van der Waals surface area contributed by atoms with Gasteiger partial charge in [0.2, 0.25) is 11.9 Å². The number of hydrogen-bond acceptors (Lipinski definition) is 6. The summed E-state index contributed by atoms with van der Waals surface area (Å²) < 4.78 is 1.16. The number of nitrogens with one attached hydrogen (secondary N) is 1. The molecule has 0 saturated heterocycles. The van der Waals surface area contributed by atoms with Crippen molar-refractivity contribution in [3.05, 3.63) is 85.8 Å². The molecule has 10 heteroatoms. The summed E-state index contributed by atoms with van der Waals surface area (Å²) in [6.07, 6.45) is 1.48. The van der Waals surface area contributed by atoms with Gasteiger partial charge in [0.15, 0.2) is 0 Å². The highest BCUT2D eigenvalue weighted by Crippen LogP contribution is 2.30. The number of fused-ring (bicyclic) bond motifs is 2. The van der Waals surface area contributed by atoms with Crippen LogP contribution in [0, 0.1) is 5.92 Å². The second-order valence-electron chi connectivity index (χ2n) is 10.3. The van der Waals surface area contributed by atoms with Crippen molar-refractivity contribution in [3.63, 3.8) is 0 Å². The molecule has 9 nitrogen and oxygen atoms in total. The number of amides is 2. The van der Waals surface area contributed by atoms with Crippen molar-refractivity contribution in [2.75, 3.05) is 30.9 Å². The number of carbonyl (C=O) groups is 2. The van der Waals surface area contributed by atoms with E-state index in [1.165, 1.54) is 7.11 Å². The van der Waals surface area contributed by atoms with E-state index in [-0.39, 0.29) is 35.9 Å². The molecule has 0 unspecified atom stereocenters. The lowest BCUT2D eigenvalue weighted by Gasteiger charge is -2.31. The van der Waals surface area contributed by atoms with E-state index in [9.17, 15) is 14.4 Å². The molecular formula is C29H32ClN5O4. The van der Waals surface area contributed by atoms with Crippen LogP contribution in [0.3, 0.4) is 0 Å². The van der Waals surface area contributed by atoms with Crippen molar-refractivity contribution in [3.8, 4) is 0 Å². The van der Waals surface area contributed by atoms with Crippen LogP contribution in [0.5, 0.6) is 0 Å². The summed E-state index contributed by atoms with van der Waals surface area (Å²) in [5.41, 5.74) is 4.12. The first-order chi connectivity index (χ1) is 18.7. The average molecular weight is 550 g/mol. The Morgan fingerprint density at radius 2 is 1.82 bits per heavy atom. The van der Waals surface area contributed by atoms with E-state index < -0.39 is 0 Å². The summed E-state index contributed by atoms with van der Waals surface area (Å²) >= 11 is 6.08. The van der Waals surface area contributed by atoms with Crippen LogP contribution in [0.1, 0.15) is 59.1 Å². The van der Waals surface area contributed by atoms with Gasteiger partial charge in [-0.1, -0.05) is 37.6 Å². The van der Waals surface area contributed by atoms with Gasteiger partial charge in [-0.3, -0.25) is 14.4 Å². The Morgan fingerprint density at radius 1 is 1.08 bits per heavy atom. The maximum absolute atomic E-state index is 13.5. The second kappa shape index (κ2) is 10.7. The van der Waals surface area contributed by atoms with Crippen LogP contribution in [-0.2, 0) is 24.2 Å². The molecule has 2 aliphatic heterocycles. The Labute approximate surface area is 232 Å². The van der Waals surface area contributed by atoms with Crippen molar-refractivity contribution in [1.82, 2.24) is 14.6 Å². The molecule has 1 aromatic heterocycles. The molecule has 1 atom stereocenters. The number of nitrogens with zero attached hydrogens (tertiary/aromatic N) is 4. The Morgan fingerprint density at radius 3 is 2.51 bits per heavy atom. The Kier molecular flexibility index (Phi) is 7.36. The molecule has 5 rings (SSSR count). The van der Waals surface area contributed by atoms with Gasteiger partial charge < -0.3 is 20.0 Å². The number of carbonyl (C=O) groups excluding carboxylic acids is 2. The lowest BCUT2D eigenvalue weighted by Crippen LogP contribution is -2.42. The standard InChI is InChI=1S/C29H32ClN5O4/c1-17(2)26(18-5-9-21(30)10-6-18)32-29-31-23-13-14-34(16-22(23)28(38)35(29)39-4)27(37)20-7-11-24-19(15-20)8-12-25(36)33(24)3/h5-7,9-11,15,17,26H,8,12-14,16H2,1-4H3,(H,31,32)/t26-/m0/s1. The van der Waals surface area contributed by atoms with Gasteiger partial charge in [-0.2, -0.15) is 0 Å². The molecule has 3 heterocycles. The van der Waals surface area contributed by atoms with Gasteiger partial charge in [0.1, 0.15) is 7.11 Å². The molecule has 2 amide bonds. The van der Waals surface area contributed by atoms with Crippen LogP contribution in [0.2, 0.25) is 5.02 Å². The number of aromatic nitrogens is 2. The molecular weight excluding hydrogens is 518 g/mol. The monoisotopic (exact) mass is 549 g/mol. The molecule has 204 valence electrons. The van der Waals surface area contributed by atoms with Gasteiger partial charge >= 0.3 is 0 Å². The van der Waals surface area contributed by atoms with E-state index in [2.05, 4.69) is 19.2 Å². The summed E-state index contributed by atoms with van der Waals surface area (Å²) in [6, 6.07) is 12.9. The number of rotatable bonds is 6. The fourth-order valence-electron chi connectivity index (χ4n) is 5.31. The van der Waals surface area contributed by atoms with Gasteiger partial charge in [0.25, 0.3) is 11.5 Å². The Hall–Kier alpha value is -3.85. The zero-order valence-corrected chi connectivity index (χ0v) is 23.3. The fourth-order valence-corrected chi connectivity index (χ4v) is 5.44. The molecule has 1 N–H and O–H groups in total. The van der Waals surface area contributed by atoms with Crippen LogP contribution in [0.25, 0.3) is 0 Å². The molecule has 0 saturated carbocycles. The highest BCUT2D eigenvalue weighted by atomic mass is 35.5. The lowest BCUT2D eigenvalue weighted by atomic mass is 9.96. The second-order valence-corrected chi connectivity index (χ2v) is 10.8. The number of hydrogen-bond donors (Lipinski definition) is 1. The molecule has 3 aromatic rings. The van der Waals surface area contributed by atoms with Crippen LogP contribution >= 0.6 is 11.6 Å². The molecule has 39 heavy (non-hydrogen) atoms. The normalized spacial score (nSPS) is 15.6. The van der Waals surface area contributed by atoms with Crippen LogP contribution in [0.15, 0.2) is 47.3 Å². The van der Waals surface area contributed by atoms with E-state index in [1.807, 2.05) is 36.4 Å². The molecule has 0 fully saturated rings. The minimum Gasteiger partial charge on any atom is -0.411 e. The van der Waals surface area contributed by atoms with E-state index in [1.54, 1.807) is 22.9 Å². The van der Waals surface area contributed by atoms with Crippen molar-refractivity contribution in [2.45, 2.75) is 45.7 Å². The smallest absolute Gasteiger partial charge is 0.293 e. The van der Waals surface area contributed by atoms with E-state index in [4.69, 9.17) is 21.4 Å². The van der Waals surface area contributed by atoms with Crippen LogP contribution in [0.4, 0.5) is 11.6 Å².